The number of hydrogen-bond donors (Lipinski definition) is 0. The Kier molecular flexibility index (Phi) is 25.2. The fourth-order valence-corrected chi connectivity index (χ4v) is 19.2. The normalized spacial score (nSPS) is 11.5. The third kappa shape index (κ3) is 19.5. The third-order valence-electron chi connectivity index (χ3n) is 26.7. The molecule has 26 aromatic rings. The maximum Gasteiger partial charge on any atom is 0.227 e. The zero-order valence-electron chi connectivity index (χ0n) is 79.9. The van der Waals surface area contributed by atoms with Crippen LogP contribution in [-0.2, 0) is 0 Å². The van der Waals surface area contributed by atoms with Crippen LogP contribution in [0.4, 0.5) is 0 Å². The molecule has 0 saturated carbocycles. The number of hydrogen-bond acceptors (Lipinski definition) is 12. The zero-order valence-corrected chi connectivity index (χ0v) is 79.9. The molecule has 1 aliphatic carbocycles. The van der Waals surface area contributed by atoms with Gasteiger partial charge in [0.05, 0.1) is 34.2 Å². The summed E-state index contributed by atoms with van der Waals surface area (Å²) in [5, 5.41) is 7.87. The molecule has 0 N–H and O–H groups in total. The van der Waals surface area contributed by atoms with E-state index in [4.69, 9.17) is 48.1 Å². The van der Waals surface area contributed by atoms with Crippen molar-refractivity contribution in [3.8, 4) is 180 Å². The first kappa shape index (κ1) is 89.9. The maximum absolute atomic E-state index is 6.48. The Morgan fingerprint density at radius 3 is 1.05 bits per heavy atom. The predicted molar refractivity (Wildman–Crippen MR) is 599 cm³/mol. The summed E-state index contributed by atoms with van der Waals surface area (Å²) in [6.45, 7) is 0. The first-order valence-corrected chi connectivity index (χ1v) is 49.3. The lowest BCUT2D eigenvalue weighted by molar-refractivity contribution is 0.535. The molecule has 0 spiro atoms. The molecule has 20 aromatic carbocycles. The van der Waals surface area contributed by atoms with Crippen molar-refractivity contribution in [1.29, 1.82) is 0 Å². The molecular formula is C135H91N9O3. The highest BCUT2D eigenvalue weighted by Gasteiger charge is 2.23. The van der Waals surface area contributed by atoms with Gasteiger partial charge in [-0.2, -0.15) is 0 Å². The average molecular weight is 1890 g/mol. The molecule has 0 bridgehead atoms. The van der Waals surface area contributed by atoms with E-state index in [9.17, 15) is 0 Å². The molecular weight excluding hydrogens is 1800 g/mol. The summed E-state index contributed by atoms with van der Waals surface area (Å²) in [5.41, 5.74) is 34.8. The largest absolute Gasteiger partial charge is 0.436 e. The minimum atomic E-state index is 0.629. The Labute approximate surface area is 849 Å². The smallest absolute Gasteiger partial charge is 0.227 e. The van der Waals surface area contributed by atoms with Crippen LogP contribution in [0.3, 0.4) is 0 Å². The van der Waals surface area contributed by atoms with Crippen molar-refractivity contribution in [3.63, 3.8) is 0 Å². The number of oxazole rings is 3. The topological polar surface area (TPSA) is 155 Å². The number of rotatable bonds is 17. The van der Waals surface area contributed by atoms with E-state index in [2.05, 4.69) is 356 Å². The van der Waals surface area contributed by atoms with Crippen molar-refractivity contribution in [2.75, 3.05) is 0 Å². The summed E-state index contributed by atoms with van der Waals surface area (Å²) in [6.07, 6.45) is 5.60. The number of benzene rings is 20. The Bertz CT molecular complexity index is 9340. The Morgan fingerprint density at radius 2 is 0.537 bits per heavy atom. The van der Waals surface area contributed by atoms with Gasteiger partial charge in [-0.05, 0) is 192 Å². The molecule has 1 aliphatic rings. The van der Waals surface area contributed by atoms with Crippen molar-refractivity contribution >= 4 is 66.2 Å². The van der Waals surface area contributed by atoms with Gasteiger partial charge in [0.25, 0.3) is 0 Å². The van der Waals surface area contributed by atoms with Crippen LogP contribution in [0.2, 0.25) is 0 Å². The van der Waals surface area contributed by atoms with Crippen LogP contribution in [-0.4, -0.2) is 44.9 Å². The first-order chi connectivity index (χ1) is 72.8. The third-order valence-corrected chi connectivity index (χ3v) is 26.7. The quantitative estimate of drug-likeness (QED) is 0.0852. The van der Waals surface area contributed by atoms with E-state index in [1.807, 2.05) is 176 Å². The van der Waals surface area contributed by atoms with Crippen molar-refractivity contribution in [1.82, 2.24) is 44.9 Å². The van der Waals surface area contributed by atoms with Gasteiger partial charge in [-0.15, -0.1) is 0 Å². The monoisotopic (exact) mass is 1890 g/mol. The van der Waals surface area contributed by atoms with Crippen LogP contribution in [0, 0.1) is 0 Å². The summed E-state index contributed by atoms with van der Waals surface area (Å²) >= 11 is 0. The van der Waals surface area contributed by atoms with Crippen molar-refractivity contribution in [2.24, 2.45) is 0 Å². The van der Waals surface area contributed by atoms with Gasteiger partial charge in [0, 0.05) is 72.3 Å². The van der Waals surface area contributed by atoms with Crippen molar-refractivity contribution in [3.05, 3.63) is 538 Å². The summed E-state index contributed by atoms with van der Waals surface area (Å²) in [5.74, 6) is 3.32. The molecule has 6 heterocycles. The van der Waals surface area contributed by atoms with E-state index in [1.165, 1.54) is 55.3 Å². The minimum absolute atomic E-state index is 0.629. The van der Waals surface area contributed by atoms with Gasteiger partial charge in [-0.1, -0.05) is 431 Å². The standard InChI is InChI=1S/C45H31N3O.C45H29N3O.C23H15NO.C22H16N2/c1-4-13-30(14-5-1)31-23-25-33(26-24-31)42-29-41(32-15-6-2-7-16-32)46-44(47-42)39-28-27-37(35-19-10-11-20-36(35)39)38-21-12-22-40-43(38)49-45(48-40)34-17-8-3-9-18-34;1-4-10-30(11-5-1)31-16-18-33(19-17-31)41-29-40(32-12-6-2-7-13-32)46-44(47-41)39-23-22-35-26-36(20-21-37(35)27-39)38-24-25-43-42(28-38)48-45(49-43)34-14-8-3-9-15-34;1-2-9-17(10-3-1)23-24-22-20(14-7-15-21(22)25-23)19-13-6-11-16-8-4-5-12-18(16)19;1-3-7-17(8-4-1)18-11-13-20(14-12-18)22-15-21(23-16-24-22)19-9-5-2-6-10-19/h1-11,13-20,22-29H,12,21H2;1-29H;1-15H;1-16H. The summed E-state index contributed by atoms with van der Waals surface area (Å²) in [6, 6.07) is 177. The molecule has 0 aliphatic heterocycles. The number of para-hydroxylation sites is 1. The van der Waals surface area contributed by atoms with Crippen LogP contribution >= 0.6 is 0 Å². The molecule has 0 unspecified atom stereocenters. The molecule has 147 heavy (non-hydrogen) atoms. The van der Waals surface area contributed by atoms with E-state index in [0.717, 1.165) is 185 Å². The summed E-state index contributed by atoms with van der Waals surface area (Å²) < 4.78 is 18.5. The second-order valence-corrected chi connectivity index (χ2v) is 36.1. The Morgan fingerprint density at radius 1 is 0.190 bits per heavy atom. The van der Waals surface area contributed by atoms with Crippen LogP contribution in [0.25, 0.3) is 246 Å². The molecule has 12 heteroatoms. The minimum Gasteiger partial charge on any atom is -0.436 e. The van der Waals surface area contributed by atoms with Crippen molar-refractivity contribution in [2.45, 2.75) is 12.8 Å². The van der Waals surface area contributed by atoms with E-state index in [1.54, 1.807) is 6.33 Å². The lowest BCUT2D eigenvalue weighted by Crippen LogP contribution is -2.28. The number of fused-ring (bicyclic) bond motifs is 6. The molecule has 694 valence electrons. The molecule has 0 fully saturated rings. The number of aromatic nitrogens is 9. The van der Waals surface area contributed by atoms with Gasteiger partial charge < -0.3 is 13.3 Å². The number of nitrogens with zero attached hydrogens (tertiary/aromatic N) is 9. The summed E-state index contributed by atoms with van der Waals surface area (Å²) in [4.78, 5) is 43.8. The SMILES string of the molecule is C1=c2nc(-c3ccccc3)oc2=C(c2ccc(-c3nc(-c4ccccc4)cc(-c4ccc(-c5ccccc5)cc4)n3)c3ccccc23)CC1.c1ccc(-c2ccc(-c3cc(-c4ccccc4)nc(-c4ccc5cc(-c6ccc7oc(-c8ccccc8)nc7c6)ccc5c4)n3)cc2)cc1.c1ccc(-c2ccc(-c3cc(-c4ccccc4)ncn3)cc2)cc1.c1ccc(-c2nc3c(-c4cccc5ccccc45)cccc3o2)cc1. The lowest BCUT2D eigenvalue weighted by atomic mass is 9.91. The molecule has 12 nitrogen and oxygen atoms in total. The fraction of sp³-hybridized carbons (Fsp3) is 0.0148. The van der Waals surface area contributed by atoms with Gasteiger partial charge in [0.2, 0.25) is 17.7 Å². The zero-order chi connectivity index (χ0) is 98.0. The Balaban J connectivity index is 0.000000110. The first-order valence-electron chi connectivity index (χ1n) is 49.3. The molecule has 0 atom stereocenters. The predicted octanol–water partition coefficient (Wildman–Crippen LogP) is 33.3. The van der Waals surface area contributed by atoms with Crippen LogP contribution in [0.15, 0.2) is 535 Å². The van der Waals surface area contributed by atoms with Gasteiger partial charge in [-0.25, -0.2) is 44.9 Å². The summed E-state index contributed by atoms with van der Waals surface area (Å²) in [7, 11) is 0. The average Bonchev–Trinajstić information content (AvgIpc) is 1.59. The highest BCUT2D eigenvalue weighted by molar-refractivity contribution is 6.05. The van der Waals surface area contributed by atoms with E-state index < -0.39 is 0 Å². The maximum atomic E-state index is 6.48. The van der Waals surface area contributed by atoms with Crippen LogP contribution in [0.1, 0.15) is 18.4 Å². The Hall–Kier alpha value is -19.7. The fourth-order valence-electron chi connectivity index (χ4n) is 19.2. The van der Waals surface area contributed by atoms with Crippen LogP contribution in [0.5, 0.6) is 0 Å². The molecule has 27 rings (SSSR count). The van der Waals surface area contributed by atoms with Gasteiger partial charge >= 0.3 is 0 Å². The van der Waals surface area contributed by atoms with Gasteiger partial charge in [0.1, 0.15) is 22.7 Å². The van der Waals surface area contributed by atoms with Gasteiger partial charge in [0.15, 0.2) is 28.2 Å². The highest BCUT2D eigenvalue weighted by Crippen LogP contribution is 2.42. The van der Waals surface area contributed by atoms with E-state index in [-0.39, 0.29) is 0 Å². The van der Waals surface area contributed by atoms with E-state index in [0.29, 0.717) is 29.3 Å². The van der Waals surface area contributed by atoms with Crippen LogP contribution < -0.4 is 10.8 Å². The highest BCUT2D eigenvalue weighted by atomic mass is 16.4. The molecule has 0 saturated heterocycles. The van der Waals surface area contributed by atoms with Gasteiger partial charge in [-0.3, -0.25) is 0 Å². The lowest BCUT2D eigenvalue weighted by Gasteiger charge is -2.15. The van der Waals surface area contributed by atoms with Crippen molar-refractivity contribution < 1.29 is 13.3 Å². The molecule has 0 radical (unpaired) electrons. The van der Waals surface area contributed by atoms with E-state index >= 15 is 0 Å². The molecule has 6 aromatic heterocycles. The molecule has 0 amide bonds. The second kappa shape index (κ2) is 41.2. The second-order valence-electron chi connectivity index (χ2n) is 36.1.